The molecule has 2 aromatic carbocycles. The van der Waals surface area contributed by atoms with E-state index in [1.165, 1.54) is 0 Å². The third-order valence-electron chi connectivity index (χ3n) is 4.00. The number of hydrogen-bond donors (Lipinski definition) is 2. The number of hydrogen-bond acceptors (Lipinski definition) is 6. The van der Waals surface area contributed by atoms with Gasteiger partial charge in [-0.1, -0.05) is 0 Å². The van der Waals surface area contributed by atoms with E-state index in [9.17, 15) is 9.18 Å². The van der Waals surface area contributed by atoms with Gasteiger partial charge in [0.15, 0.2) is 5.82 Å². The number of urea groups is 1. The highest BCUT2D eigenvalue weighted by atomic mass is 19.1. The summed E-state index contributed by atoms with van der Waals surface area (Å²) in [5.41, 5.74) is 6.51. The number of amides is 2. The first kappa shape index (κ1) is 20.9. The predicted octanol–water partition coefficient (Wildman–Crippen LogP) is 2.34. The summed E-state index contributed by atoms with van der Waals surface area (Å²) in [4.78, 5) is 15.1. The minimum Gasteiger partial charge on any atom is -0.497 e. The van der Waals surface area contributed by atoms with Crippen LogP contribution in [-0.2, 0) is 0 Å². The van der Waals surface area contributed by atoms with Gasteiger partial charge in [-0.05, 0) is 48.5 Å². The number of alkyl halides is 1. The van der Waals surface area contributed by atoms with Crippen molar-refractivity contribution in [2.75, 3.05) is 33.5 Å². The molecule has 30 heavy (non-hydrogen) atoms. The molecule has 0 saturated heterocycles. The number of ether oxygens (including phenoxy) is 3. The Morgan fingerprint density at radius 3 is 2.40 bits per heavy atom. The molecule has 0 atom stereocenters. The first-order valence-electron chi connectivity index (χ1n) is 9.17. The number of carbonyl (C=O) groups excluding carboxylic acids is 1. The maximum absolute atomic E-state index is 12.5. The summed E-state index contributed by atoms with van der Waals surface area (Å²) < 4.78 is 30.1. The third kappa shape index (κ3) is 5.37. The van der Waals surface area contributed by atoms with Crippen LogP contribution in [0.15, 0.2) is 48.5 Å². The van der Waals surface area contributed by atoms with Gasteiger partial charge in [-0.3, -0.25) is 0 Å². The SMILES string of the molecule is COc1ccc(-n2nc(OCCF)nc2-c2ccc(OCCNC(N)=O)cc2)cc1. The van der Waals surface area contributed by atoms with Crippen molar-refractivity contribution >= 4 is 6.03 Å². The second-order valence-corrected chi connectivity index (χ2v) is 6.03. The van der Waals surface area contributed by atoms with Crippen molar-refractivity contribution < 1.29 is 23.4 Å². The van der Waals surface area contributed by atoms with Gasteiger partial charge in [0.2, 0.25) is 0 Å². The maximum Gasteiger partial charge on any atom is 0.336 e. The van der Waals surface area contributed by atoms with Gasteiger partial charge in [0.1, 0.15) is 31.4 Å². The number of nitrogens with one attached hydrogen (secondary N) is 1. The van der Waals surface area contributed by atoms with Crippen molar-refractivity contribution in [2.24, 2.45) is 5.73 Å². The highest BCUT2D eigenvalue weighted by molar-refractivity contribution is 5.71. The lowest BCUT2D eigenvalue weighted by Crippen LogP contribution is -2.32. The molecule has 3 rings (SSSR count). The van der Waals surface area contributed by atoms with E-state index in [2.05, 4.69) is 15.4 Å². The number of aromatic nitrogens is 3. The lowest BCUT2D eigenvalue weighted by molar-refractivity contribution is 0.244. The van der Waals surface area contributed by atoms with Gasteiger partial charge in [-0.15, -0.1) is 5.10 Å². The quantitative estimate of drug-likeness (QED) is 0.492. The monoisotopic (exact) mass is 415 g/mol. The number of primary amides is 1. The lowest BCUT2D eigenvalue weighted by atomic mass is 10.2. The van der Waals surface area contributed by atoms with Crippen LogP contribution in [-0.4, -0.2) is 54.3 Å². The Hall–Kier alpha value is -3.82. The Balaban J connectivity index is 1.82. The van der Waals surface area contributed by atoms with E-state index in [4.69, 9.17) is 19.9 Å². The topological polar surface area (TPSA) is 114 Å². The zero-order valence-electron chi connectivity index (χ0n) is 16.4. The number of rotatable bonds is 10. The minimum absolute atomic E-state index is 0.0799. The highest BCUT2D eigenvalue weighted by Crippen LogP contribution is 2.26. The smallest absolute Gasteiger partial charge is 0.336 e. The normalized spacial score (nSPS) is 10.5. The van der Waals surface area contributed by atoms with Gasteiger partial charge in [-0.2, -0.15) is 4.98 Å². The standard InChI is InChI=1S/C20H22FN5O4/c1-28-16-8-4-15(5-9-16)26-18(24-20(25-26)30-12-10-21)14-2-6-17(7-3-14)29-13-11-23-19(22)27/h2-9H,10-13H2,1H3,(H3,22,23,27). The highest BCUT2D eigenvalue weighted by Gasteiger charge is 2.15. The van der Waals surface area contributed by atoms with Crippen LogP contribution in [0, 0.1) is 0 Å². The summed E-state index contributed by atoms with van der Waals surface area (Å²) in [5, 5.41) is 6.79. The van der Waals surface area contributed by atoms with Crippen molar-refractivity contribution in [3.63, 3.8) is 0 Å². The van der Waals surface area contributed by atoms with Gasteiger partial charge in [0.05, 0.1) is 19.3 Å². The molecule has 1 aromatic heterocycles. The Kier molecular flexibility index (Phi) is 7.04. The van der Waals surface area contributed by atoms with Crippen LogP contribution in [0.2, 0.25) is 0 Å². The van der Waals surface area contributed by atoms with Crippen LogP contribution < -0.4 is 25.3 Å². The molecule has 0 aliphatic rings. The Bertz CT molecular complexity index is 960. The molecule has 9 nitrogen and oxygen atoms in total. The fraction of sp³-hybridized carbons (Fsp3) is 0.250. The molecule has 0 radical (unpaired) electrons. The number of nitrogens with zero attached hydrogens (tertiary/aromatic N) is 3. The Morgan fingerprint density at radius 2 is 1.77 bits per heavy atom. The summed E-state index contributed by atoms with van der Waals surface area (Å²) in [7, 11) is 1.59. The molecule has 1 heterocycles. The average Bonchev–Trinajstić information content (AvgIpc) is 3.20. The molecular weight excluding hydrogens is 393 g/mol. The van der Waals surface area contributed by atoms with Crippen LogP contribution in [0.1, 0.15) is 0 Å². The molecule has 0 spiro atoms. The van der Waals surface area contributed by atoms with E-state index in [-0.39, 0.29) is 19.2 Å². The summed E-state index contributed by atoms with van der Waals surface area (Å²) in [5.74, 6) is 1.85. The first-order valence-corrected chi connectivity index (χ1v) is 9.17. The molecule has 2 amide bonds. The Morgan fingerprint density at radius 1 is 1.07 bits per heavy atom. The zero-order valence-corrected chi connectivity index (χ0v) is 16.4. The predicted molar refractivity (Wildman–Crippen MR) is 108 cm³/mol. The van der Waals surface area contributed by atoms with Gasteiger partial charge >= 0.3 is 12.0 Å². The number of methoxy groups -OCH3 is 1. The van der Waals surface area contributed by atoms with Crippen molar-refractivity contribution in [2.45, 2.75) is 0 Å². The fourth-order valence-corrected chi connectivity index (χ4v) is 2.62. The zero-order chi connectivity index (χ0) is 21.3. The second-order valence-electron chi connectivity index (χ2n) is 6.03. The molecular formula is C20H22FN5O4. The Labute approximate surface area is 172 Å². The molecule has 0 aliphatic carbocycles. The van der Waals surface area contributed by atoms with E-state index in [1.807, 2.05) is 24.3 Å². The summed E-state index contributed by atoms with van der Waals surface area (Å²) in [6, 6.07) is 13.9. The molecule has 0 saturated carbocycles. The average molecular weight is 415 g/mol. The largest absolute Gasteiger partial charge is 0.497 e. The molecule has 0 fully saturated rings. The molecule has 0 unspecified atom stereocenters. The van der Waals surface area contributed by atoms with Gasteiger partial charge in [0.25, 0.3) is 0 Å². The molecule has 0 aliphatic heterocycles. The van der Waals surface area contributed by atoms with E-state index in [1.54, 1.807) is 36.1 Å². The molecule has 3 aromatic rings. The van der Waals surface area contributed by atoms with Crippen LogP contribution in [0.4, 0.5) is 9.18 Å². The van der Waals surface area contributed by atoms with Crippen molar-refractivity contribution in [1.29, 1.82) is 0 Å². The van der Waals surface area contributed by atoms with Crippen molar-refractivity contribution in [1.82, 2.24) is 20.1 Å². The molecule has 158 valence electrons. The number of carbonyl (C=O) groups is 1. The van der Waals surface area contributed by atoms with Crippen LogP contribution in [0.5, 0.6) is 17.5 Å². The van der Waals surface area contributed by atoms with Crippen molar-refractivity contribution in [3.8, 4) is 34.6 Å². The third-order valence-corrected chi connectivity index (χ3v) is 4.00. The first-order chi connectivity index (χ1) is 14.6. The van der Waals surface area contributed by atoms with Gasteiger partial charge in [-0.25, -0.2) is 13.9 Å². The van der Waals surface area contributed by atoms with Crippen molar-refractivity contribution in [3.05, 3.63) is 48.5 Å². The van der Waals surface area contributed by atoms with Crippen LogP contribution >= 0.6 is 0 Å². The minimum atomic E-state index is -0.636. The van der Waals surface area contributed by atoms with E-state index in [0.717, 1.165) is 11.3 Å². The van der Waals surface area contributed by atoms with Crippen LogP contribution in [0.25, 0.3) is 17.1 Å². The number of halogens is 1. The summed E-state index contributed by atoms with van der Waals surface area (Å²) >= 11 is 0. The lowest BCUT2D eigenvalue weighted by Gasteiger charge is -2.09. The van der Waals surface area contributed by atoms with Crippen LogP contribution in [0.3, 0.4) is 0 Å². The molecule has 10 heteroatoms. The van der Waals surface area contributed by atoms with E-state index >= 15 is 0 Å². The molecule has 0 bridgehead atoms. The maximum atomic E-state index is 12.5. The van der Waals surface area contributed by atoms with Gasteiger partial charge in [0, 0.05) is 5.56 Å². The van der Waals surface area contributed by atoms with E-state index in [0.29, 0.717) is 23.9 Å². The number of nitrogens with two attached hydrogens (primary N) is 1. The van der Waals surface area contributed by atoms with Gasteiger partial charge < -0.3 is 25.3 Å². The number of benzene rings is 2. The second kappa shape index (κ2) is 10.1. The summed E-state index contributed by atoms with van der Waals surface area (Å²) in [6.07, 6.45) is 0. The summed E-state index contributed by atoms with van der Waals surface area (Å²) in [6.45, 7) is -0.176. The molecule has 3 N–H and O–H groups in total. The fourth-order valence-electron chi connectivity index (χ4n) is 2.62. The van der Waals surface area contributed by atoms with E-state index < -0.39 is 12.7 Å².